The van der Waals surface area contributed by atoms with Gasteiger partial charge in [0.05, 0.1) is 5.92 Å². The zero-order chi connectivity index (χ0) is 23.8. The molecule has 176 valence electrons. The average molecular weight is 470 g/mol. The first-order valence-corrected chi connectivity index (χ1v) is 12.2. The Balaban J connectivity index is 1.29. The molecule has 0 spiro atoms. The molecule has 33 heavy (non-hydrogen) atoms. The fourth-order valence-corrected chi connectivity index (χ4v) is 5.06. The van der Waals surface area contributed by atoms with Crippen LogP contribution in [0.3, 0.4) is 0 Å². The van der Waals surface area contributed by atoms with Crippen molar-refractivity contribution in [3.05, 3.63) is 34.8 Å². The van der Waals surface area contributed by atoms with E-state index >= 15 is 0 Å². The van der Waals surface area contributed by atoms with E-state index in [4.69, 9.17) is 0 Å². The first kappa shape index (κ1) is 23.4. The molecular weight excluding hydrogens is 438 g/mol. The van der Waals surface area contributed by atoms with E-state index in [1.807, 2.05) is 36.1 Å². The number of carbonyl (C=O) groups excluding carboxylic acids is 3. The molecule has 3 amide bonds. The lowest BCUT2D eigenvalue weighted by molar-refractivity contribution is -0.138. The summed E-state index contributed by atoms with van der Waals surface area (Å²) in [5.74, 6) is -0.569. The Hall–Kier alpha value is -2.81. The van der Waals surface area contributed by atoms with Gasteiger partial charge in [0.25, 0.3) is 0 Å². The number of aromatic nitrogens is 2. The summed E-state index contributed by atoms with van der Waals surface area (Å²) in [5.41, 5.74) is 1.86. The number of aryl methyl sites for hydroxylation is 1. The molecule has 2 aliphatic rings. The quantitative estimate of drug-likeness (QED) is 0.741. The van der Waals surface area contributed by atoms with Gasteiger partial charge in [0, 0.05) is 43.1 Å². The van der Waals surface area contributed by atoms with Crippen LogP contribution in [0.15, 0.2) is 24.3 Å². The van der Waals surface area contributed by atoms with Crippen LogP contribution in [0.2, 0.25) is 0 Å². The maximum absolute atomic E-state index is 13.1. The van der Waals surface area contributed by atoms with Crippen molar-refractivity contribution < 1.29 is 14.4 Å². The van der Waals surface area contributed by atoms with Crippen LogP contribution < -0.4 is 10.2 Å². The van der Waals surface area contributed by atoms with Gasteiger partial charge in [-0.1, -0.05) is 49.8 Å². The zero-order valence-corrected chi connectivity index (χ0v) is 20.4. The van der Waals surface area contributed by atoms with Crippen LogP contribution in [0.1, 0.15) is 50.6 Å². The number of hydrogen-bond acceptors (Lipinski definition) is 6. The van der Waals surface area contributed by atoms with Crippen LogP contribution in [0.25, 0.3) is 0 Å². The second kappa shape index (κ2) is 9.21. The van der Waals surface area contributed by atoms with Crippen molar-refractivity contribution in [2.45, 2.75) is 52.4 Å². The van der Waals surface area contributed by atoms with Crippen molar-refractivity contribution in [1.82, 2.24) is 15.1 Å². The van der Waals surface area contributed by atoms with E-state index in [1.54, 1.807) is 4.90 Å². The molecule has 2 aliphatic heterocycles. The maximum Gasteiger partial charge on any atom is 0.229 e. The standard InChI is InChI=1S/C24H31N5O3S/c1-15-5-7-18(8-6-15)29-14-17(13-19(29)30)21(32)28-11-9-16(10-12-28)20(31)25-23-27-26-22(33-23)24(2,3)4/h5-8,16-17H,9-14H2,1-4H3,(H,25,27,31)/t17-/m1/s1. The van der Waals surface area contributed by atoms with Crippen LogP contribution in [-0.4, -0.2) is 52.5 Å². The largest absolute Gasteiger partial charge is 0.342 e. The van der Waals surface area contributed by atoms with E-state index < -0.39 is 0 Å². The summed E-state index contributed by atoms with van der Waals surface area (Å²) in [6.45, 7) is 9.64. The highest BCUT2D eigenvalue weighted by Gasteiger charge is 2.38. The monoisotopic (exact) mass is 469 g/mol. The third-order valence-electron chi connectivity index (χ3n) is 6.29. The summed E-state index contributed by atoms with van der Waals surface area (Å²) in [5, 5.41) is 12.5. The van der Waals surface area contributed by atoms with Crippen molar-refractivity contribution in [2.75, 3.05) is 29.9 Å². The summed E-state index contributed by atoms with van der Waals surface area (Å²) >= 11 is 1.40. The third-order valence-corrected chi connectivity index (χ3v) is 7.56. The van der Waals surface area contributed by atoms with Crippen LogP contribution in [0, 0.1) is 18.8 Å². The Bertz CT molecular complexity index is 1040. The topological polar surface area (TPSA) is 95.5 Å². The molecule has 2 aromatic rings. The number of nitrogens with zero attached hydrogens (tertiary/aromatic N) is 4. The molecule has 0 bridgehead atoms. The fraction of sp³-hybridized carbons (Fsp3) is 0.542. The molecule has 2 fully saturated rings. The molecule has 1 atom stereocenters. The van der Waals surface area contributed by atoms with E-state index in [0.717, 1.165) is 16.3 Å². The summed E-state index contributed by atoms with van der Waals surface area (Å²) in [6, 6.07) is 7.79. The van der Waals surface area contributed by atoms with Gasteiger partial charge in [-0.3, -0.25) is 14.4 Å². The Kier molecular flexibility index (Phi) is 6.52. The summed E-state index contributed by atoms with van der Waals surface area (Å²) in [4.78, 5) is 41.8. The first-order valence-electron chi connectivity index (χ1n) is 11.4. The molecule has 0 unspecified atom stereocenters. The van der Waals surface area contributed by atoms with Crippen molar-refractivity contribution in [3.8, 4) is 0 Å². The van der Waals surface area contributed by atoms with Gasteiger partial charge in [0.15, 0.2) is 0 Å². The predicted molar refractivity (Wildman–Crippen MR) is 128 cm³/mol. The minimum absolute atomic E-state index is 0.00997. The van der Waals surface area contributed by atoms with Gasteiger partial charge in [-0.2, -0.15) is 0 Å². The second-order valence-electron chi connectivity index (χ2n) is 9.99. The SMILES string of the molecule is Cc1ccc(N2C[C@H](C(=O)N3CCC(C(=O)Nc4nnc(C(C)(C)C)s4)CC3)CC2=O)cc1. The second-order valence-corrected chi connectivity index (χ2v) is 11.0. The lowest BCUT2D eigenvalue weighted by Crippen LogP contribution is -2.44. The van der Waals surface area contributed by atoms with Gasteiger partial charge in [-0.05, 0) is 31.9 Å². The van der Waals surface area contributed by atoms with Gasteiger partial charge in [-0.15, -0.1) is 10.2 Å². The summed E-state index contributed by atoms with van der Waals surface area (Å²) in [6.07, 6.45) is 1.44. The molecule has 1 N–H and O–H groups in total. The third kappa shape index (κ3) is 5.24. The summed E-state index contributed by atoms with van der Waals surface area (Å²) < 4.78 is 0. The van der Waals surface area contributed by atoms with Crippen LogP contribution in [0.4, 0.5) is 10.8 Å². The molecule has 9 heteroatoms. The average Bonchev–Trinajstić information content (AvgIpc) is 3.41. The zero-order valence-electron chi connectivity index (χ0n) is 19.6. The molecule has 0 aliphatic carbocycles. The smallest absolute Gasteiger partial charge is 0.229 e. The molecule has 3 heterocycles. The van der Waals surface area contributed by atoms with Gasteiger partial charge in [-0.25, -0.2) is 0 Å². The van der Waals surface area contributed by atoms with Crippen molar-refractivity contribution >= 4 is 39.9 Å². The molecule has 1 aromatic heterocycles. The van der Waals surface area contributed by atoms with E-state index in [2.05, 4.69) is 36.3 Å². The highest BCUT2D eigenvalue weighted by Crippen LogP contribution is 2.30. The molecule has 0 saturated carbocycles. The van der Waals surface area contributed by atoms with Gasteiger partial charge in [0.1, 0.15) is 5.01 Å². The number of amides is 3. The molecule has 0 radical (unpaired) electrons. The Morgan fingerprint density at radius 2 is 1.73 bits per heavy atom. The number of hydrogen-bond donors (Lipinski definition) is 1. The fourth-order valence-electron chi connectivity index (χ4n) is 4.25. The maximum atomic E-state index is 13.1. The van der Waals surface area contributed by atoms with E-state index in [0.29, 0.717) is 37.6 Å². The highest BCUT2D eigenvalue weighted by atomic mass is 32.1. The van der Waals surface area contributed by atoms with Crippen molar-refractivity contribution in [3.63, 3.8) is 0 Å². The van der Waals surface area contributed by atoms with E-state index in [-0.39, 0.29) is 41.4 Å². The number of anilines is 2. The molecule has 8 nitrogen and oxygen atoms in total. The number of benzene rings is 1. The highest BCUT2D eigenvalue weighted by molar-refractivity contribution is 7.15. The normalized spacial score (nSPS) is 19.8. The lowest BCUT2D eigenvalue weighted by Gasteiger charge is -2.32. The van der Waals surface area contributed by atoms with Crippen LogP contribution in [-0.2, 0) is 19.8 Å². The predicted octanol–water partition coefficient (Wildman–Crippen LogP) is 3.37. The Morgan fingerprint density at radius 3 is 2.33 bits per heavy atom. The number of carbonyl (C=O) groups is 3. The molecule has 1 aromatic carbocycles. The van der Waals surface area contributed by atoms with Gasteiger partial charge < -0.3 is 15.1 Å². The number of piperidine rings is 1. The Morgan fingerprint density at radius 1 is 1.06 bits per heavy atom. The van der Waals surface area contributed by atoms with Crippen molar-refractivity contribution in [1.29, 1.82) is 0 Å². The van der Waals surface area contributed by atoms with Crippen LogP contribution >= 0.6 is 11.3 Å². The number of likely N-dealkylation sites (tertiary alicyclic amines) is 1. The molecule has 2 saturated heterocycles. The first-order chi connectivity index (χ1) is 15.6. The number of rotatable bonds is 4. The summed E-state index contributed by atoms with van der Waals surface area (Å²) in [7, 11) is 0. The Labute approximate surface area is 198 Å². The van der Waals surface area contributed by atoms with Crippen LogP contribution in [0.5, 0.6) is 0 Å². The van der Waals surface area contributed by atoms with E-state index in [9.17, 15) is 14.4 Å². The molecular formula is C24H31N5O3S. The van der Waals surface area contributed by atoms with Gasteiger partial charge in [0.2, 0.25) is 22.9 Å². The molecule has 4 rings (SSSR count). The van der Waals surface area contributed by atoms with Crippen molar-refractivity contribution in [2.24, 2.45) is 11.8 Å². The lowest BCUT2D eigenvalue weighted by atomic mass is 9.94. The minimum atomic E-state index is -0.332. The minimum Gasteiger partial charge on any atom is -0.342 e. The van der Waals surface area contributed by atoms with E-state index in [1.165, 1.54) is 11.3 Å². The van der Waals surface area contributed by atoms with Gasteiger partial charge >= 0.3 is 0 Å². The number of nitrogens with one attached hydrogen (secondary N) is 1.